The van der Waals surface area contributed by atoms with E-state index in [-0.39, 0.29) is 11.3 Å². The van der Waals surface area contributed by atoms with Gasteiger partial charge < -0.3 is 30.1 Å². The number of pyridine rings is 1. The van der Waals surface area contributed by atoms with Gasteiger partial charge in [0.2, 0.25) is 17.8 Å². The first-order chi connectivity index (χ1) is 18.3. The van der Waals surface area contributed by atoms with Crippen LogP contribution in [0.3, 0.4) is 0 Å². The molecule has 1 saturated carbocycles. The largest absolute Gasteiger partial charge is 0.494 e. The van der Waals surface area contributed by atoms with Crippen LogP contribution >= 0.6 is 0 Å². The fourth-order valence-electron chi connectivity index (χ4n) is 4.71. The number of aromatic nitrogens is 4. The average molecular weight is 516 g/mol. The highest BCUT2D eigenvalue weighted by atomic mass is 16.5. The minimum atomic E-state index is -0.305. The van der Waals surface area contributed by atoms with E-state index in [1.165, 1.54) is 12.4 Å². The molecule has 1 aliphatic heterocycles. The number of ether oxygens (including phenoxy) is 1. The fourth-order valence-corrected chi connectivity index (χ4v) is 4.71. The van der Waals surface area contributed by atoms with Crippen LogP contribution in [0.1, 0.15) is 18.5 Å². The lowest BCUT2D eigenvalue weighted by Gasteiger charge is -2.26. The second-order valence-corrected chi connectivity index (χ2v) is 9.96. The number of fused-ring (bicyclic) bond motifs is 2. The lowest BCUT2D eigenvalue weighted by molar-refractivity contribution is -0.111. The molecule has 3 heterocycles. The first kappa shape index (κ1) is 25.4. The second kappa shape index (κ2) is 10.3. The van der Waals surface area contributed by atoms with E-state index in [0.717, 1.165) is 49.5 Å². The number of anilines is 6. The molecular weight excluding hydrogens is 482 g/mol. The van der Waals surface area contributed by atoms with Gasteiger partial charge in [-0.15, -0.1) is 0 Å². The van der Waals surface area contributed by atoms with Crippen molar-refractivity contribution in [3.8, 4) is 5.75 Å². The molecule has 11 heteroatoms. The van der Waals surface area contributed by atoms with Crippen molar-refractivity contribution >= 4 is 40.6 Å². The van der Waals surface area contributed by atoms with Crippen LogP contribution in [0.2, 0.25) is 0 Å². The number of nitrogens with zero attached hydrogens (tertiary/aromatic N) is 7. The third-order valence-corrected chi connectivity index (χ3v) is 7.00. The second-order valence-electron chi connectivity index (χ2n) is 9.96. The van der Waals surface area contributed by atoms with Gasteiger partial charge in [-0.25, -0.2) is 9.97 Å². The summed E-state index contributed by atoms with van der Waals surface area (Å²) in [6.07, 6.45) is 6.83. The zero-order chi connectivity index (χ0) is 26.9. The molecule has 2 aromatic heterocycles. The molecule has 1 fully saturated rings. The number of rotatable bonds is 10. The summed E-state index contributed by atoms with van der Waals surface area (Å²) in [4.78, 5) is 36.7. The van der Waals surface area contributed by atoms with Gasteiger partial charge >= 0.3 is 0 Å². The molecular formula is C27H33N9O2. The molecule has 1 amide bonds. The number of hydrogen-bond acceptors (Lipinski definition) is 10. The summed E-state index contributed by atoms with van der Waals surface area (Å²) >= 11 is 0. The standard InChI is InChI=1S/C27H33N9O2/c1-6-23(37)31-18-14-19(22(38-5)15-21(18)35(4)13-12-34(2)3)32-25-29-17-30-26(33-25)36-16-27(9-10-27)24-20(36)8-7-11-28-24/h6-8,11,14-15,17H,1,9-10,12-13,16H2,2-5H3,(H,31,37)(H,29,30,32,33). The van der Waals surface area contributed by atoms with Gasteiger partial charge in [-0.1, -0.05) is 6.58 Å². The van der Waals surface area contributed by atoms with Gasteiger partial charge in [-0.2, -0.15) is 4.98 Å². The molecule has 0 saturated heterocycles. The van der Waals surface area contributed by atoms with Crippen molar-refractivity contribution in [2.24, 2.45) is 0 Å². The molecule has 1 spiro atoms. The van der Waals surface area contributed by atoms with Gasteiger partial charge in [0.15, 0.2) is 0 Å². The van der Waals surface area contributed by atoms with Crippen LogP contribution in [0.4, 0.5) is 34.6 Å². The quantitative estimate of drug-likeness (QED) is 0.390. The Bertz CT molecular complexity index is 1360. The number of carbonyl (C=O) groups is 1. The van der Waals surface area contributed by atoms with E-state index < -0.39 is 0 Å². The molecule has 5 rings (SSSR count). The summed E-state index contributed by atoms with van der Waals surface area (Å²) in [7, 11) is 7.62. The molecule has 11 nitrogen and oxygen atoms in total. The molecule has 38 heavy (non-hydrogen) atoms. The van der Waals surface area contributed by atoms with Gasteiger partial charge in [-0.05, 0) is 51.2 Å². The van der Waals surface area contributed by atoms with Crippen molar-refractivity contribution in [3.63, 3.8) is 0 Å². The number of nitrogens with one attached hydrogen (secondary N) is 2. The molecule has 3 aromatic rings. The van der Waals surface area contributed by atoms with Crippen LogP contribution in [0.25, 0.3) is 0 Å². The number of methoxy groups -OCH3 is 1. The monoisotopic (exact) mass is 515 g/mol. The molecule has 0 atom stereocenters. The smallest absolute Gasteiger partial charge is 0.247 e. The maximum atomic E-state index is 12.2. The fraction of sp³-hybridized carbons (Fsp3) is 0.370. The van der Waals surface area contributed by atoms with E-state index in [2.05, 4.69) is 52.9 Å². The normalized spacial score (nSPS) is 14.8. The van der Waals surface area contributed by atoms with Crippen molar-refractivity contribution in [2.75, 3.05) is 68.3 Å². The van der Waals surface area contributed by atoms with Crippen LogP contribution in [0.15, 0.2) is 49.4 Å². The lowest BCUT2D eigenvalue weighted by atomic mass is 10.1. The Hall–Kier alpha value is -4.25. The van der Waals surface area contributed by atoms with E-state index >= 15 is 0 Å². The minimum absolute atomic E-state index is 0.104. The summed E-state index contributed by atoms with van der Waals surface area (Å²) in [5.41, 5.74) is 4.30. The molecule has 0 unspecified atom stereocenters. The summed E-state index contributed by atoms with van der Waals surface area (Å²) < 4.78 is 5.71. The van der Waals surface area contributed by atoms with Gasteiger partial charge in [0.1, 0.15) is 12.1 Å². The molecule has 0 radical (unpaired) electrons. The van der Waals surface area contributed by atoms with E-state index in [1.54, 1.807) is 7.11 Å². The summed E-state index contributed by atoms with van der Waals surface area (Å²) in [5, 5.41) is 6.18. The average Bonchev–Trinajstić information content (AvgIpc) is 3.63. The number of amides is 1. The van der Waals surface area contributed by atoms with Crippen molar-refractivity contribution in [2.45, 2.75) is 18.3 Å². The van der Waals surface area contributed by atoms with Crippen molar-refractivity contribution in [1.29, 1.82) is 0 Å². The van der Waals surface area contributed by atoms with Crippen LogP contribution in [-0.4, -0.2) is 78.6 Å². The van der Waals surface area contributed by atoms with E-state index in [4.69, 9.17) is 9.72 Å². The Morgan fingerprint density at radius 1 is 1.18 bits per heavy atom. The van der Waals surface area contributed by atoms with Crippen LogP contribution in [0, 0.1) is 0 Å². The Morgan fingerprint density at radius 2 is 2.00 bits per heavy atom. The predicted octanol–water partition coefficient (Wildman–Crippen LogP) is 3.32. The van der Waals surface area contributed by atoms with Gasteiger partial charge in [-0.3, -0.25) is 9.78 Å². The van der Waals surface area contributed by atoms with Crippen LogP contribution in [-0.2, 0) is 10.2 Å². The molecule has 198 valence electrons. The number of benzene rings is 1. The molecule has 1 aromatic carbocycles. The maximum absolute atomic E-state index is 12.2. The highest BCUT2D eigenvalue weighted by molar-refractivity contribution is 6.02. The van der Waals surface area contributed by atoms with Crippen molar-refractivity contribution in [1.82, 2.24) is 24.8 Å². The topological polar surface area (TPSA) is 112 Å². The Kier molecular flexibility index (Phi) is 6.85. The van der Waals surface area contributed by atoms with Gasteiger partial charge in [0.25, 0.3) is 0 Å². The van der Waals surface area contributed by atoms with Crippen molar-refractivity contribution in [3.05, 3.63) is 55.1 Å². The minimum Gasteiger partial charge on any atom is -0.494 e. The summed E-state index contributed by atoms with van der Waals surface area (Å²) in [6.45, 7) is 5.99. The van der Waals surface area contributed by atoms with Crippen LogP contribution < -0.4 is 25.2 Å². The molecule has 2 aliphatic rings. The van der Waals surface area contributed by atoms with E-state index in [9.17, 15) is 4.79 Å². The zero-order valence-corrected chi connectivity index (χ0v) is 22.2. The summed E-state index contributed by atoms with van der Waals surface area (Å²) in [5.74, 6) is 1.20. The highest BCUT2D eigenvalue weighted by Gasteiger charge is 2.53. The first-order valence-corrected chi connectivity index (χ1v) is 12.5. The molecule has 2 N–H and O–H groups in total. The SMILES string of the molecule is C=CC(=O)Nc1cc(Nc2ncnc(N3CC4(CC4)c4ncccc43)n2)c(OC)cc1N(C)CCN(C)C. The van der Waals surface area contributed by atoms with Crippen LogP contribution in [0.5, 0.6) is 5.75 Å². The maximum Gasteiger partial charge on any atom is 0.247 e. The van der Waals surface area contributed by atoms with Gasteiger partial charge in [0, 0.05) is 44.4 Å². The number of hydrogen-bond donors (Lipinski definition) is 2. The number of likely N-dealkylation sites (N-methyl/N-ethyl adjacent to an activating group) is 2. The van der Waals surface area contributed by atoms with Crippen molar-refractivity contribution < 1.29 is 9.53 Å². The lowest BCUT2D eigenvalue weighted by Crippen LogP contribution is -2.29. The zero-order valence-electron chi connectivity index (χ0n) is 22.2. The Labute approximate surface area is 222 Å². The predicted molar refractivity (Wildman–Crippen MR) is 149 cm³/mol. The van der Waals surface area contributed by atoms with E-state index in [0.29, 0.717) is 29.0 Å². The van der Waals surface area contributed by atoms with Gasteiger partial charge in [0.05, 0.1) is 35.6 Å². The Balaban J connectivity index is 1.45. The third kappa shape index (κ3) is 4.97. The number of carbonyl (C=O) groups excluding carboxylic acids is 1. The Morgan fingerprint density at radius 3 is 2.71 bits per heavy atom. The molecule has 1 aliphatic carbocycles. The third-order valence-electron chi connectivity index (χ3n) is 7.00. The van der Waals surface area contributed by atoms with E-state index in [1.807, 2.05) is 45.5 Å². The summed E-state index contributed by atoms with van der Waals surface area (Å²) in [6, 6.07) is 7.71. The molecule has 0 bridgehead atoms. The highest BCUT2D eigenvalue weighted by Crippen LogP contribution is 2.56. The first-order valence-electron chi connectivity index (χ1n) is 12.5.